The number of ether oxygens (including phenoxy) is 1. The number of hydrogen-bond acceptors (Lipinski definition) is 5. The Labute approximate surface area is 326 Å². The van der Waals surface area contributed by atoms with Crippen molar-refractivity contribution in [1.29, 1.82) is 0 Å². The molecule has 0 bridgehead atoms. The van der Waals surface area contributed by atoms with E-state index in [9.17, 15) is 23.2 Å². The Morgan fingerprint density at radius 3 is 1.52 bits per heavy atom. The van der Waals surface area contributed by atoms with Gasteiger partial charge in [0.1, 0.15) is 18.1 Å². The first-order valence-electron chi connectivity index (χ1n) is 18.5. The third-order valence-corrected chi connectivity index (χ3v) is 9.21. The number of benzene rings is 4. The highest BCUT2D eigenvalue weighted by Crippen LogP contribution is 2.39. The van der Waals surface area contributed by atoms with Gasteiger partial charge in [0, 0.05) is 58.1 Å². The molecule has 56 heavy (non-hydrogen) atoms. The lowest BCUT2D eigenvalue weighted by molar-refractivity contribution is -0.162. The zero-order valence-electron chi connectivity index (χ0n) is 32.8. The maximum absolute atomic E-state index is 13.5. The summed E-state index contributed by atoms with van der Waals surface area (Å²) in [5, 5.41) is 3.24. The first kappa shape index (κ1) is 41.0. The molecule has 0 saturated heterocycles. The van der Waals surface area contributed by atoms with Crippen LogP contribution in [-0.4, -0.2) is 52.6 Å². The Balaban J connectivity index is 0.000000215. The summed E-state index contributed by atoms with van der Waals surface area (Å²) in [5.41, 5.74) is 7.50. The molecule has 0 N–H and O–H groups in total. The largest absolute Gasteiger partial charge is 0.466 e. The highest BCUT2D eigenvalue weighted by molar-refractivity contribution is 6.07. The summed E-state index contributed by atoms with van der Waals surface area (Å²) in [5.74, 6) is -1.70. The molecule has 6 rings (SSSR count). The molecule has 10 heteroatoms. The van der Waals surface area contributed by atoms with E-state index >= 15 is 0 Å². The number of para-hydroxylation sites is 2. The first-order valence-corrected chi connectivity index (χ1v) is 18.5. The van der Waals surface area contributed by atoms with Crippen LogP contribution in [0, 0.1) is 11.6 Å². The normalized spacial score (nSPS) is 11.6. The van der Waals surface area contributed by atoms with Gasteiger partial charge in [0.05, 0.1) is 25.1 Å². The molecule has 0 fully saturated rings. The summed E-state index contributed by atoms with van der Waals surface area (Å²) < 4.78 is 36.1. The average Bonchev–Trinajstić information content (AvgIpc) is 3.70. The van der Waals surface area contributed by atoms with Crippen LogP contribution < -0.4 is 0 Å². The molecule has 6 aromatic rings. The standard InChI is InChI=1S/C24H24FNO3.C22H23FN2O2/c1-4-29-23(28)15-19(27)13-14-22-24(17-9-11-18(25)12-10-17)20-7-5-6-8-21(20)26(22)16(2)3;1-15(2)25-19-8-6-5-7-18(19)22(16-9-11-17(23)12-10-16)20(25)13-14-21(26)24(3)27-4/h5-14,16H,4,15H2,1-3H3;5-15H,1-4H3/b2*14-13+. The van der Waals surface area contributed by atoms with Crippen molar-refractivity contribution in [3.8, 4) is 22.3 Å². The van der Waals surface area contributed by atoms with E-state index in [-0.39, 0.29) is 48.4 Å². The second kappa shape index (κ2) is 18.5. The molecule has 0 saturated carbocycles. The van der Waals surface area contributed by atoms with Crippen molar-refractivity contribution in [2.75, 3.05) is 20.8 Å². The number of amides is 1. The van der Waals surface area contributed by atoms with Gasteiger partial charge in [0.2, 0.25) is 0 Å². The predicted molar refractivity (Wildman–Crippen MR) is 220 cm³/mol. The number of rotatable bonds is 12. The van der Waals surface area contributed by atoms with E-state index in [1.165, 1.54) is 43.5 Å². The van der Waals surface area contributed by atoms with Gasteiger partial charge >= 0.3 is 5.97 Å². The quantitative estimate of drug-likeness (QED) is 0.0537. The van der Waals surface area contributed by atoms with Crippen LogP contribution in [-0.2, 0) is 24.0 Å². The predicted octanol–water partition coefficient (Wildman–Crippen LogP) is 10.6. The molecule has 0 spiro atoms. The summed E-state index contributed by atoms with van der Waals surface area (Å²) >= 11 is 0. The van der Waals surface area contributed by atoms with Crippen LogP contribution in [0.4, 0.5) is 8.78 Å². The van der Waals surface area contributed by atoms with Crippen molar-refractivity contribution in [1.82, 2.24) is 14.2 Å². The van der Waals surface area contributed by atoms with Crippen LogP contribution in [0.1, 0.15) is 64.5 Å². The minimum absolute atomic E-state index is 0.133. The van der Waals surface area contributed by atoms with Crippen molar-refractivity contribution < 1.29 is 32.7 Å². The van der Waals surface area contributed by atoms with Gasteiger partial charge in [0.25, 0.3) is 5.91 Å². The van der Waals surface area contributed by atoms with E-state index in [2.05, 4.69) is 42.9 Å². The van der Waals surface area contributed by atoms with Crippen molar-refractivity contribution in [3.05, 3.63) is 132 Å². The zero-order valence-corrected chi connectivity index (χ0v) is 32.8. The topological polar surface area (TPSA) is 82.8 Å². The summed E-state index contributed by atoms with van der Waals surface area (Å²) in [6.45, 7) is 10.3. The van der Waals surface area contributed by atoms with E-state index in [0.717, 1.165) is 60.5 Å². The Morgan fingerprint density at radius 2 is 1.11 bits per heavy atom. The molecule has 290 valence electrons. The third kappa shape index (κ3) is 9.21. The van der Waals surface area contributed by atoms with E-state index in [4.69, 9.17) is 9.57 Å². The van der Waals surface area contributed by atoms with Crippen LogP contribution in [0.5, 0.6) is 0 Å². The van der Waals surface area contributed by atoms with E-state index < -0.39 is 5.97 Å². The Morgan fingerprint density at radius 1 is 0.679 bits per heavy atom. The van der Waals surface area contributed by atoms with E-state index in [1.54, 1.807) is 50.4 Å². The molecular formula is C46H47F2N3O5. The number of hydrogen-bond donors (Lipinski definition) is 0. The van der Waals surface area contributed by atoms with Gasteiger partial charge in [-0.15, -0.1) is 0 Å². The number of nitrogens with zero attached hydrogens (tertiary/aromatic N) is 3. The van der Waals surface area contributed by atoms with Gasteiger partial charge in [-0.2, -0.15) is 0 Å². The molecule has 0 unspecified atom stereocenters. The third-order valence-electron chi connectivity index (χ3n) is 9.21. The van der Waals surface area contributed by atoms with Crippen molar-refractivity contribution in [2.24, 2.45) is 0 Å². The fourth-order valence-corrected chi connectivity index (χ4v) is 6.78. The monoisotopic (exact) mass is 759 g/mol. The smallest absolute Gasteiger partial charge is 0.313 e. The molecule has 0 aliphatic heterocycles. The molecular weight excluding hydrogens is 713 g/mol. The zero-order chi connectivity index (χ0) is 40.5. The van der Waals surface area contributed by atoms with Crippen LogP contribution in [0.3, 0.4) is 0 Å². The van der Waals surface area contributed by atoms with Crippen molar-refractivity contribution in [2.45, 2.75) is 53.1 Å². The highest BCUT2D eigenvalue weighted by atomic mass is 19.1. The lowest BCUT2D eigenvalue weighted by atomic mass is 10.0. The number of halogens is 2. The molecule has 1 amide bonds. The number of carbonyl (C=O) groups excluding carboxylic acids is 3. The minimum Gasteiger partial charge on any atom is -0.466 e. The number of ketones is 1. The Hall–Kier alpha value is -6.13. The van der Waals surface area contributed by atoms with Crippen molar-refractivity contribution in [3.63, 3.8) is 0 Å². The van der Waals surface area contributed by atoms with Crippen LogP contribution in [0.15, 0.2) is 109 Å². The maximum Gasteiger partial charge on any atom is 0.313 e. The van der Waals surface area contributed by atoms with Crippen molar-refractivity contribution >= 4 is 51.6 Å². The van der Waals surface area contributed by atoms with Gasteiger partial charge in [0.15, 0.2) is 5.78 Å². The fourth-order valence-electron chi connectivity index (χ4n) is 6.78. The lowest BCUT2D eigenvalue weighted by Crippen LogP contribution is -2.23. The maximum atomic E-state index is 13.5. The Bertz CT molecular complexity index is 2390. The molecule has 0 aliphatic carbocycles. The molecule has 0 aliphatic rings. The number of carbonyl (C=O) groups is 3. The molecule has 4 aromatic carbocycles. The second-order valence-corrected chi connectivity index (χ2v) is 13.6. The minimum atomic E-state index is -0.537. The molecule has 2 aromatic heterocycles. The van der Waals surface area contributed by atoms with Crippen LogP contribution >= 0.6 is 0 Å². The Kier molecular flexibility index (Phi) is 13.5. The van der Waals surface area contributed by atoms with Gasteiger partial charge in [-0.25, -0.2) is 13.8 Å². The summed E-state index contributed by atoms with van der Waals surface area (Å²) in [7, 11) is 3.01. The van der Waals surface area contributed by atoms with Crippen LogP contribution in [0.25, 0.3) is 56.2 Å². The van der Waals surface area contributed by atoms with Gasteiger partial charge < -0.3 is 13.9 Å². The van der Waals surface area contributed by atoms with Gasteiger partial charge in [-0.05, 0) is 100 Å². The lowest BCUT2D eigenvalue weighted by Gasteiger charge is -2.14. The molecule has 0 radical (unpaired) electrons. The second-order valence-electron chi connectivity index (χ2n) is 13.6. The summed E-state index contributed by atoms with van der Waals surface area (Å²) in [4.78, 5) is 41.0. The molecule has 2 heterocycles. The molecule has 0 atom stereocenters. The number of aromatic nitrogens is 2. The van der Waals surface area contributed by atoms with Gasteiger partial charge in [-0.1, -0.05) is 60.7 Å². The molecule has 8 nitrogen and oxygen atoms in total. The average molecular weight is 760 g/mol. The SMILES string of the molecule is CCOC(=O)CC(=O)/C=C/c1c(-c2ccc(F)cc2)c2ccccc2n1C(C)C.CON(C)C(=O)/C=C/c1c(-c2ccc(F)cc2)c2ccccc2n1C(C)C. The first-order chi connectivity index (χ1) is 26.9. The van der Waals surface area contributed by atoms with E-state index in [0.29, 0.717) is 0 Å². The number of esters is 1. The van der Waals surface area contributed by atoms with Gasteiger partial charge in [-0.3, -0.25) is 19.2 Å². The number of fused-ring (bicyclic) bond motifs is 2. The van der Waals surface area contributed by atoms with Crippen LogP contribution in [0.2, 0.25) is 0 Å². The fraction of sp³-hybridized carbons (Fsp3) is 0.239. The number of allylic oxidation sites excluding steroid dienone is 1. The van der Waals surface area contributed by atoms with E-state index in [1.807, 2.05) is 42.5 Å². The number of hydroxylamine groups is 2. The number of likely N-dealkylation sites (N-methyl/N-ethyl adjacent to an activating group) is 1. The summed E-state index contributed by atoms with van der Waals surface area (Å²) in [6, 6.07) is 29.1. The summed E-state index contributed by atoms with van der Waals surface area (Å²) in [6.07, 6.45) is 6.15. The highest BCUT2D eigenvalue weighted by Gasteiger charge is 2.21.